The molecule has 2 aromatic rings. The summed E-state index contributed by atoms with van der Waals surface area (Å²) in [4.78, 5) is 54.3. The number of benzene rings is 2. The maximum Gasteiger partial charge on any atom is 0.341 e. The van der Waals surface area contributed by atoms with Crippen molar-refractivity contribution in [2.24, 2.45) is 11.8 Å². The highest BCUT2D eigenvalue weighted by molar-refractivity contribution is 6.24. The Bertz CT molecular complexity index is 1290. The zero-order chi connectivity index (χ0) is 27.2. The van der Waals surface area contributed by atoms with Crippen LogP contribution in [0.1, 0.15) is 34.5 Å². The molecule has 0 bridgehead atoms. The number of carboxylic acids is 1. The molecule has 5 unspecified atom stereocenters. The van der Waals surface area contributed by atoms with Gasteiger partial charge in [-0.1, -0.05) is 18.2 Å². The summed E-state index contributed by atoms with van der Waals surface area (Å²) in [6.45, 7) is 2.96. The van der Waals surface area contributed by atoms with Crippen molar-refractivity contribution in [1.29, 1.82) is 0 Å². The molecule has 0 spiro atoms. The molecule has 2 fully saturated rings. The number of aliphatic hydroxyl groups excluding tert-OH is 1. The van der Waals surface area contributed by atoms with Crippen molar-refractivity contribution in [1.82, 2.24) is 5.32 Å². The van der Waals surface area contributed by atoms with Gasteiger partial charge in [0.15, 0.2) is 5.54 Å². The fourth-order valence-corrected chi connectivity index (χ4v) is 5.48. The van der Waals surface area contributed by atoms with Gasteiger partial charge in [-0.3, -0.25) is 19.7 Å². The third kappa shape index (κ3) is 3.73. The van der Waals surface area contributed by atoms with Crippen LogP contribution in [0.15, 0.2) is 36.4 Å². The molecule has 4 rings (SSSR count). The highest BCUT2D eigenvalue weighted by atomic mass is 16.5. The Morgan fingerprint density at radius 3 is 2.30 bits per heavy atom. The number of nitrogens with one attached hydrogen (secondary N) is 1. The first-order valence-electron chi connectivity index (χ1n) is 11.5. The van der Waals surface area contributed by atoms with Crippen molar-refractivity contribution in [3.63, 3.8) is 0 Å². The second kappa shape index (κ2) is 9.49. The minimum Gasteiger partial charge on any atom is -0.497 e. The van der Waals surface area contributed by atoms with E-state index < -0.39 is 53.3 Å². The highest BCUT2D eigenvalue weighted by Gasteiger charge is 2.71. The smallest absolute Gasteiger partial charge is 0.341 e. The number of aliphatic hydroxyl groups is 1. The second-order valence-corrected chi connectivity index (χ2v) is 9.06. The van der Waals surface area contributed by atoms with Crippen molar-refractivity contribution < 1.29 is 43.6 Å². The summed E-state index contributed by atoms with van der Waals surface area (Å²) in [5, 5.41) is 24.0. The Morgan fingerprint density at radius 2 is 1.76 bits per heavy atom. The molecule has 196 valence electrons. The first kappa shape index (κ1) is 26.1. The normalized spacial score (nSPS) is 25.6. The van der Waals surface area contributed by atoms with Crippen molar-refractivity contribution in [3.8, 4) is 11.5 Å². The maximum absolute atomic E-state index is 13.9. The summed E-state index contributed by atoms with van der Waals surface area (Å²) in [7, 11) is 3.89. The molecule has 2 amide bonds. The quantitative estimate of drug-likeness (QED) is 0.367. The number of hydrogen-bond donors (Lipinski definition) is 3. The van der Waals surface area contributed by atoms with Crippen molar-refractivity contribution in [2.45, 2.75) is 31.5 Å². The minimum atomic E-state index is -2.23. The Kier molecular flexibility index (Phi) is 6.70. The highest BCUT2D eigenvalue weighted by Crippen LogP contribution is 2.52. The van der Waals surface area contributed by atoms with Gasteiger partial charge in [-0.05, 0) is 37.1 Å². The van der Waals surface area contributed by atoms with E-state index in [0.29, 0.717) is 11.3 Å². The van der Waals surface area contributed by atoms with Gasteiger partial charge in [-0.2, -0.15) is 0 Å². The molecular formula is C26H28N2O9. The molecule has 0 aromatic heterocycles. The van der Waals surface area contributed by atoms with Crippen molar-refractivity contribution >= 4 is 29.4 Å². The lowest BCUT2D eigenvalue weighted by Crippen LogP contribution is -2.62. The Labute approximate surface area is 212 Å². The number of aliphatic carboxylic acids is 1. The van der Waals surface area contributed by atoms with Gasteiger partial charge in [0, 0.05) is 12.1 Å². The molecule has 5 atom stereocenters. The number of para-hydroxylation sites is 1. The van der Waals surface area contributed by atoms with Crippen LogP contribution in [0.3, 0.4) is 0 Å². The molecule has 11 nitrogen and oxygen atoms in total. The van der Waals surface area contributed by atoms with Gasteiger partial charge < -0.3 is 24.4 Å². The van der Waals surface area contributed by atoms with Gasteiger partial charge in [-0.15, -0.1) is 0 Å². The van der Waals surface area contributed by atoms with E-state index in [9.17, 15) is 29.4 Å². The fourth-order valence-electron chi connectivity index (χ4n) is 5.48. The minimum absolute atomic E-state index is 0.0663. The SMILES string of the molecule is COC(=O)c1c(OC)cc(OC)cc1C1NC(C(=O)O)(C(C)O)C2C(=O)N(c3ccccc3C)C(=O)C12. The first-order chi connectivity index (χ1) is 17.5. The lowest BCUT2D eigenvalue weighted by molar-refractivity contribution is -0.154. The molecule has 2 aromatic carbocycles. The number of imide groups is 1. The number of hydrogen-bond acceptors (Lipinski definition) is 9. The van der Waals surface area contributed by atoms with E-state index in [0.717, 1.165) is 4.90 Å². The van der Waals surface area contributed by atoms with E-state index in [1.54, 1.807) is 31.2 Å². The maximum atomic E-state index is 13.9. The van der Waals surface area contributed by atoms with E-state index in [1.807, 2.05) is 0 Å². The molecule has 0 radical (unpaired) electrons. The van der Waals surface area contributed by atoms with Crippen LogP contribution in [-0.2, 0) is 19.1 Å². The lowest BCUT2D eigenvalue weighted by atomic mass is 9.76. The first-order valence-corrected chi connectivity index (χ1v) is 11.5. The topological polar surface area (TPSA) is 152 Å². The van der Waals surface area contributed by atoms with Crippen molar-refractivity contribution in [2.75, 3.05) is 26.2 Å². The zero-order valence-electron chi connectivity index (χ0n) is 21.0. The molecule has 2 aliphatic rings. The summed E-state index contributed by atoms with van der Waals surface area (Å²) < 4.78 is 15.7. The predicted molar refractivity (Wildman–Crippen MR) is 129 cm³/mol. The molecule has 37 heavy (non-hydrogen) atoms. The number of amides is 2. The average molecular weight is 513 g/mol. The molecule has 2 aliphatic heterocycles. The number of aryl methyl sites for hydroxylation is 1. The number of carbonyl (C=O) groups is 4. The average Bonchev–Trinajstić information content (AvgIpc) is 3.37. The summed E-state index contributed by atoms with van der Waals surface area (Å²) in [6, 6.07) is 8.43. The largest absolute Gasteiger partial charge is 0.497 e. The number of esters is 1. The van der Waals surface area contributed by atoms with Crippen LogP contribution in [0, 0.1) is 18.8 Å². The fraction of sp³-hybridized carbons (Fsp3) is 0.385. The van der Waals surface area contributed by atoms with Gasteiger partial charge in [0.05, 0.1) is 45.0 Å². The van der Waals surface area contributed by atoms with Crippen LogP contribution in [-0.4, -0.2) is 66.9 Å². The number of nitrogens with zero attached hydrogens (tertiary/aromatic N) is 1. The van der Waals surface area contributed by atoms with Gasteiger partial charge in [0.25, 0.3) is 0 Å². The van der Waals surface area contributed by atoms with E-state index in [2.05, 4.69) is 5.32 Å². The van der Waals surface area contributed by atoms with E-state index in [4.69, 9.17) is 14.2 Å². The number of anilines is 1. The number of rotatable bonds is 7. The summed E-state index contributed by atoms with van der Waals surface area (Å²) in [6.07, 6.45) is -1.59. The Balaban J connectivity index is 2.01. The molecular weight excluding hydrogens is 484 g/mol. The van der Waals surface area contributed by atoms with Crippen molar-refractivity contribution in [3.05, 3.63) is 53.1 Å². The van der Waals surface area contributed by atoms with Gasteiger partial charge in [0.2, 0.25) is 11.8 Å². The van der Waals surface area contributed by atoms with E-state index in [-0.39, 0.29) is 22.6 Å². The van der Waals surface area contributed by atoms with Gasteiger partial charge >= 0.3 is 11.9 Å². The molecule has 3 N–H and O–H groups in total. The number of ether oxygens (including phenoxy) is 3. The van der Waals surface area contributed by atoms with Crippen LogP contribution < -0.4 is 19.7 Å². The summed E-state index contributed by atoms with van der Waals surface area (Å²) in [5.74, 6) is -6.18. The van der Waals surface area contributed by atoms with E-state index >= 15 is 0 Å². The summed E-state index contributed by atoms with van der Waals surface area (Å²) in [5.41, 5.74) is -1.22. The third-order valence-corrected chi connectivity index (χ3v) is 7.25. The van der Waals surface area contributed by atoms with Crippen LogP contribution >= 0.6 is 0 Å². The molecule has 2 heterocycles. The van der Waals surface area contributed by atoms with E-state index in [1.165, 1.54) is 40.4 Å². The number of fused-ring (bicyclic) bond motifs is 1. The third-order valence-electron chi connectivity index (χ3n) is 7.25. The van der Waals surface area contributed by atoms with Crippen LogP contribution in [0.2, 0.25) is 0 Å². The monoisotopic (exact) mass is 512 g/mol. The van der Waals surface area contributed by atoms with Gasteiger partial charge in [0.1, 0.15) is 17.1 Å². The standard InChI is InChI=1S/C26H28N2O9/c1-12-8-6-7-9-16(12)28-22(30)19-20(23(28)31)26(13(2)29,25(33)34)27-21(19)15-10-14(35-3)11-17(36-4)18(15)24(32)37-5/h6-11,13,19-21,27,29H,1-5H3,(H,33,34). The van der Waals surface area contributed by atoms with Crippen LogP contribution in [0.5, 0.6) is 11.5 Å². The summed E-state index contributed by atoms with van der Waals surface area (Å²) >= 11 is 0. The second-order valence-electron chi connectivity index (χ2n) is 9.06. The number of methoxy groups -OCH3 is 3. The molecule has 0 aliphatic carbocycles. The molecule has 11 heteroatoms. The van der Waals surface area contributed by atoms with Crippen LogP contribution in [0.25, 0.3) is 0 Å². The number of carboxylic acid groups (broad SMARTS) is 1. The number of carbonyl (C=O) groups excluding carboxylic acids is 3. The lowest BCUT2D eigenvalue weighted by Gasteiger charge is -2.34. The predicted octanol–water partition coefficient (Wildman–Crippen LogP) is 1.45. The molecule has 0 saturated carbocycles. The molecule has 2 saturated heterocycles. The van der Waals surface area contributed by atoms with Crippen LogP contribution in [0.4, 0.5) is 5.69 Å². The zero-order valence-corrected chi connectivity index (χ0v) is 21.0. The Hall–Kier alpha value is -3.96. The van der Waals surface area contributed by atoms with Gasteiger partial charge in [-0.25, -0.2) is 9.69 Å². The Morgan fingerprint density at radius 1 is 1.08 bits per heavy atom.